The molecule has 0 unspecified atom stereocenters. The number of fused-ring (bicyclic) bond motifs is 2. The van der Waals surface area contributed by atoms with Gasteiger partial charge in [-0.1, -0.05) is 62.7 Å². The van der Waals surface area contributed by atoms with Crippen LogP contribution >= 0.6 is 0 Å². The standard InChI is InChI=1S/C31H34N8O2/c1-19-9-11-20(12-10-19)39-28(17-26(37-39)31(2,3)4)34-30(40)33-24-14-15-25(23-8-6-5-7-22(23)24)41-21-13-16-27-35-36-29(32)38(27)18-21/h5-13,16-18,24-25H,14-15H2,1-4H3,(H2,32,36)(H2,33,34,40)/t24-,25+/m0/s1. The molecule has 5 aromatic rings. The molecule has 10 heteroatoms. The molecule has 6 rings (SSSR count). The Bertz CT molecular complexity index is 1710. The van der Waals surface area contributed by atoms with Crippen molar-refractivity contribution in [2.24, 2.45) is 0 Å². The number of urea groups is 1. The number of benzene rings is 2. The third kappa shape index (κ3) is 5.32. The summed E-state index contributed by atoms with van der Waals surface area (Å²) in [5.74, 6) is 1.60. The molecule has 0 saturated heterocycles. The molecule has 2 atom stereocenters. The molecular weight excluding hydrogens is 516 g/mol. The van der Waals surface area contributed by atoms with Crippen LogP contribution in [0.3, 0.4) is 0 Å². The molecule has 10 nitrogen and oxygen atoms in total. The lowest BCUT2D eigenvalue weighted by Crippen LogP contribution is -2.36. The molecule has 2 aromatic carbocycles. The second-order valence-corrected chi connectivity index (χ2v) is 11.5. The van der Waals surface area contributed by atoms with Crippen LogP contribution in [0.4, 0.5) is 16.6 Å². The van der Waals surface area contributed by atoms with Gasteiger partial charge in [-0.05, 0) is 55.2 Å². The maximum absolute atomic E-state index is 13.4. The molecule has 2 amide bonds. The summed E-state index contributed by atoms with van der Waals surface area (Å²) in [6, 6.07) is 21.3. The fourth-order valence-electron chi connectivity index (χ4n) is 5.18. The Labute approximate surface area is 238 Å². The van der Waals surface area contributed by atoms with E-state index in [1.165, 1.54) is 0 Å². The van der Waals surface area contributed by atoms with Crippen LogP contribution in [0.1, 0.15) is 68.1 Å². The Hall–Kier alpha value is -4.86. The van der Waals surface area contributed by atoms with Crippen molar-refractivity contribution in [1.82, 2.24) is 29.7 Å². The summed E-state index contributed by atoms with van der Waals surface area (Å²) in [7, 11) is 0. The number of carbonyl (C=O) groups is 1. The van der Waals surface area contributed by atoms with E-state index in [-0.39, 0.29) is 23.6 Å². The highest BCUT2D eigenvalue weighted by Crippen LogP contribution is 2.39. The smallest absolute Gasteiger partial charge is 0.320 e. The summed E-state index contributed by atoms with van der Waals surface area (Å²) in [5, 5.41) is 19.0. The first-order chi connectivity index (χ1) is 19.7. The van der Waals surface area contributed by atoms with Gasteiger partial charge in [0.1, 0.15) is 17.7 Å². The number of hydrogen-bond donors (Lipinski definition) is 3. The number of carbonyl (C=O) groups excluding carboxylic acids is 1. The minimum atomic E-state index is -0.286. The number of amides is 2. The Morgan fingerprint density at radius 2 is 1.76 bits per heavy atom. The molecule has 0 spiro atoms. The van der Waals surface area contributed by atoms with Gasteiger partial charge in [-0.25, -0.2) is 9.48 Å². The summed E-state index contributed by atoms with van der Waals surface area (Å²) in [6.45, 7) is 8.36. The summed E-state index contributed by atoms with van der Waals surface area (Å²) in [4.78, 5) is 13.4. The van der Waals surface area contributed by atoms with Crippen LogP contribution in [0, 0.1) is 6.92 Å². The minimum Gasteiger partial charge on any atom is -0.484 e. The Kier molecular flexibility index (Phi) is 6.61. The van der Waals surface area contributed by atoms with Crippen LogP contribution in [0.5, 0.6) is 5.75 Å². The molecule has 1 aliphatic carbocycles. The molecule has 3 aromatic heterocycles. The second-order valence-electron chi connectivity index (χ2n) is 11.5. The normalized spacial score (nSPS) is 16.8. The third-order valence-corrected chi connectivity index (χ3v) is 7.42. The number of nitrogen functional groups attached to an aromatic ring is 1. The lowest BCUT2D eigenvalue weighted by atomic mass is 9.85. The van der Waals surface area contributed by atoms with Crippen molar-refractivity contribution in [2.45, 2.75) is 58.1 Å². The van der Waals surface area contributed by atoms with Gasteiger partial charge in [0.25, 0.3) is 0 Å². The van der Waals surface area contributed by atoms with Crippen LogP contribution < -0.4 is 21.1 Å². The van der Waals surface area contributed by atoms with E-state index in [4.69, 9.17) is 15.6 Å². The molecule has 0 bridgehead atoms. The van der Waals surface area contributed by atoms with Gasteiger partial charge < -0.3 is 15.8 Å². The largest absolute Gasteiger partial charge is 0.484 e. The van der Waals surface area contributed by atoms with Crippen molar-refractivity contribution in [2.75, 3.05) is 11.1 Å². The topological polar surface area (TPSA) is 124 Å². The van der Waals surface area contributed by atoms with Gasteiger partial charge >= 0.3 is 6.03 Å². The molecule has 0 saturated carbocycles. The van der Waals surface area contributed by atoms with E-state index in [2.05, 4.69) is 47.7 Å². The Morgan fingerprint density at radius 1 is 1.00 bits per heavy atom. The highest BCUT2D eigenvalue weighted by molar-refractivity contribution is 5.89. The van der Waals surface area contributed by atoms with E-state index >= 15 is 0 Å². The Balaban J connectivity index is 1.21. The van der Waals surface area contributed by atoms with Gasteiger partial charge in [0, 0.05) is 11.5 Å². The first-order valence-electron chi connectivity index (χ1n) is 13.8. The lowest BCUT2D eigenvalue weighted by Gasteiger charge is -2.32. The predicted octanol–water partition coefficient (Wildman–Crippen LogP) is 5.88. The van der Waals surface area contributed by atoms with Crippen LogP contribution in [0.2, 0.25) is 0 Å². The average molecular weight is 551 g/mol. The summed E-state index contributed by atoms with van der Waals surface area (Å²) < 4.78 is 9.89. The SMILES string of the molecule is Cc1ccc(-n2nc(C(C)(C)C)cc2NC(=O)N[C@H]2CC[C@@H](Oc3ccc4nnc(N)n4c3)c3ccccc32)cc1. The molecule has 0 radical (unpaired) electrons. The zero-order valence-corrected chi connectivity index (χ0v) is 23.6. The fourth-order valence-corrected chi connectivity index (χ4v) is 5.18. The van der Waals surface area contributed by atoms with Crippen LogP contribution in [0.15, 0.2) is 72.9 Å². The molecule has 1 aliphatic rings. The molecule has 4 N–H and O–H groups in total. The van der Waals surface area contributed by atoms with Crippen molar-refractivity contribution in [3.63, 3.8) is 0 Å². The fraction of sp³-hybridized carbons (Fsp3) is 0.290. The molecule has 3 heterocycles. The van der Waals surface area contributed by atoms with Gasteiger partial charge in [-0.2, -0.15) is 5.10 Å². The predicted molar refractivity (Wildman–Crippen MR) is 158 cm³/mol. The van der Waals surface area contributed by atoms with Crippen molar-refractivity contribution in [3.05, 3.63) is 95.3 Å². The summed E-state index contributed by atoms with van der Waals surface area (Å²) >= 11 is 0. The molecule has 210 valence electrons. The van der Waals surface area contributed by atoms with E-state index in [1.54, 1.807) is 15.3 Å². The number of ether oxygens (including phenoxy) is 1. The van der Waals surface area contributed by atoms with Crippen LogP contribution in [-0.2, 0) is 5.41 Å². The van der Waals surface area contributed by atoms with Gasteiger partial charge in [0.05, 0.1) is 23.6 Å². The number of pyridine rings is 1. The molecule has 0 aliphatic heterocycles. The van der Waals surface area contributed by atoms with Crippen molar-refractivity contribution in [3.8, 4) is 11.4 Å². The van der Waals surface area contributed by atoms with Crippen molar-refractivity contribution >= 4 is 23.4 Å². The quantitative estimate of drug-likeness (QED) is 0.251. The first-order valence-corrected chi connectivity index (χ1v) is 13.8. The number of nitrogens with two attached hydrogens (primary N) is 1. The third-order valence-electron chi connectivity index (χ3n) is 7.42. The highest BCUT2D eigenvalue weighted by atomic mass is 16.5. The maximum Gasteiger partial charge on any atom is 0.320 e. The average Bonchev–Trinajstić information content (AvgIpc) is 3.54. The van der Waals surface area contributed by atoms with Gasteiger partial charge in [-0.15, -0.1) is 10.2 Å². The van der Waals surface area contributed by atoms with E-state index in [9.17, 15) is 4.79 Å². The number of aromatic nitrogens is 5. The zero-order chi connectivity index (χ0) is 28.7. The number of hydrogen-bond acceptors (Lipinski definition) is 6. The number of anilines is 2. The Morgan fingerprint density at radius 3 is 2.51 bits per heavy atom. The van der Waals surface area contributed by atoms with E-state index in [0.29, 0.717) is 23.2 Å². The molecule has 0 fully saturated rings. The van der Waals surface area contributed by atoms with Gasteiger partial charge in [0.2, 0.25) is 5.95 Å². The maximum atomic E-state index is 13.4. The highest BCUT2D eigenvalue weighted by Gasteiger charge is 2.30. The monoisotopic (exact) mass is 550 g/mol. The first kappa shape index (κ1) is 26.4. The van der Waals surface area contributed by atoms with E-state index in [0.717, 1.165) is 40.9 Å². The number of nitrogens with one attached hydrogen (secondary N) is 2. The molecule has 41 heavy (non-hydrogen) atoms. The van der Waals surface area contributed by atoms with Gasteiger partial charge in [-0.3, -0.25) is 9.72 Å². The lowest BCUT2D eigenvalue weighted by molar-refractivity contribution is 0.171. The number of aryl methyl sites for hydroxylation is 1. The second kappa shape index (κ2) is 10.3. The van der Waals surface area contributed by atoms with Gasteiger partial charge in [0.15, 0.2) is 5.65 Å². The summed E-state index contributed by atoms with van der Waals surface area (Å²) in [6.07, 6.45) is 3.08. The van der Waals surface area contributed by atoms with E-state index in [1.807, 2.05) is 67.6 Å². The van der Waals surface area contributed by atoms with Crippen LogP contribution in [0.25, 0.3) is 11.3 Å². The van der Waals surface area contributed by atoms with Crippen molar-refractivity contribution < 1.29 is 9.53 Å². The zero-order valence-electron chi connectivity index (χ0n) is 23.6. The molecular formula is C31H34N8O2. The number of rotatable bonds is 5. The van der Waals surface area contributed by atoms with E-state index < -0.39 is 0 Å². The van der Waals surface area contributed by atoms with Crippen molar-refractivity contribution in [1.29, 1.82) is 0 Å². The van der Waals surface area contributed by atoms with Crippen LogP contribution in [-0.4, -0.2) is 30.4 Å². The summed E-state index contributed by atoms with van der Waals surface area (Å²) in [5.41, 5.74) is 11.4. The minimum absolute atomic E-state index is 0.167. The number of nitrogens with zero attached hydrogens (tertiary/aromatic N) is 5.